The summed E-state index contributed by atoms with van der Waals surface area (Å²) in [4.78, 5) is 7.82. The van der Waals surface area contributed by atoms with Crippen LogP contribution >= 0.6 is 11.6 Å². The van der Waals surface area contributed by atoms with Crippen molar-refractivity contribution in [1.29, 1.82) is 0 Å². The zero-order chi connectivity index (χ0) is 22.3. The maximum atomic E-state index is 13.4. The van der Waals surface area contributed by atoms with Crippen molar-refractivity contribution in [2.24, 2.45) is 0 Å². The summed E-state index contributed by atoms with van der Waals surface area (Å²) in [5.74, 6) is 0.328. The zero-order valence-corrected chi connectivity index (χ0v) is 17.6. The summed E-state index contributed by atoms with van der Waals surface area (Å²) < 4.78 is 46.0. The normalized spacial score (nSPS) is 11.3. The largest absolute Gasteiger partial charge is 0.494 e. The first-order valence-corrected chi connectivity index (χ1v) is 10.2. The number of unbranched alkanes of at least 4 members (excludes halogenated alkanes) is 2. The number of rotatable bonds is 9. The van der Waals surface area contributed by atoms with Crippen molar-refractivity contribution in [1.82, 2.24) is 9.97 Å². The van der Waals surface area contributed by atoms with E-state index in [0.717, 1.165) is 25.5 Å². The van der Waals surface area contributed by atoms with Crippen molar-refractivity contribution in [3.05, 3.63) is 65.3 Å². The second-order valence-electron chi connectivity index (χ2n) is 6.79. The average Bonchev–Trinajstić information content (AvgIpc) is 2.73. The van der Waals surface area contributed by atoms with E-state index >= 15 is 0 Å². The van der Waals surface area contributed by atoms with Gasteiger partial charge in [0.1, 0.15) is 17.1 Å². The van der Waals surface area contributed by atoms with Crippen LogP contribution in [0.4, 0.5) is 36.3 Å². The van der Waals surface area contributed by atoms with E-state index in [9.17, 15) is 13.2 Å². The molecule has 0 saturated carbocycles. The molecule has 1 heterocycles. The lowest BCUT2D eigenvalue weighted by Gasteiger charge is -2.15. The first kappa shape index (κ1) is 22.7. The van der Waals surface area contributed by atoms with Crippen molar-refractivity contribution in [2.45, 2.75) is 32.4 Å². The van der Waals surface area contributed by atoms with E-state index in [2.05, 4.69) is 27.5 Å². The van der Waals surface area contributed by atoms with Gasteiger partial charge in [0.15, 0.2) is 0 Å². The van der Waals surface area contributed by atoms with Gasteiger partial charge in [-0.1, -0.05) is 31.4 Å². The number of alkyl halides is 3. The Kier molecular flexibility index (Phi) is 7.57. The van der Waals surface area contributed by atoms with Crippen LogP contribution in [0.25, 0.3) is 0 Å². The zero-order valence-electron chi connectivity index (χ0n) is 16.8. The molecule has 2 N–H and O–H groups in total. The van der Waals surface area contributed by atoms with E-state index < -0.39 is 11.7 Å². The molecule has 0 amide bonds. The van der Waals surface area contributed by atoms with Crippen LogP contribution in [0.2, 0.25) is 5.02 Å². The highest BCUT2D eigenvalue weighted by molar-refractivity contribution is 6.30. The fraction of sp³-hybridized carbons (Fsp3) is 0.273. The third kappa shape index (κ3) is 6.75. The Labute approximate surface area is 183 Å². The summed E-state index contributed by atoms with van der Waals surface area (Å²) in [6, 6.07) is 13.3. The summed E-state index contributed by atoms with van der Waals surface area (Å²) in [5, 5.41) is 6.14. The van der Waals surface area contributed by atoms with Crippen molar-refractivity contribution >= 4 is 34.7 Å². The molecule has 0 aliphatic rings. The van der Waals surface area contributed by atoms with Gasteiger partial charge >= 0.3 is 6.18 Å². The number of anilines is 4. The molecule has 31 heavy (non-hydrogen) atoms. The predicted molar refractivity (Wildman–Crippen MR) is 117 cm³/mol. The molecule has 3 aromatic rings. The summed E-state index contributed by atoms with van der Waals surface area (Å²) >= 11 is 5.85. The van der Waals surface area contributed by atoms with Gasteiger partial charge in [0.2, 0.25) is 5.95 Å². The fourth-order valence-electron chi connectivity index (χ4n) is 2.72. The SMILES string of the molecule is CCCCCOc1ccc(Nc2nc(Nc3ccc(Cl)cc3)ncc2C(F)(F)F)cc1. The minimum atomic E-state index is -4.61. The van der Waals surface area contributed by atoms with E-state index in [1.54, 1.807) is 48.5 Å². The van der Waals surface area contributed by atoms with E-state index in [0.29, 0.717) is 28.8 Å². The van der Waals surface area contributed by atoms with Crippen LogP contribution in [-0.4, -0.2) is 16.6 Å². The van der Waals surface area contributed by atoms with Gasteiger partial charge in [-0.05, 0) is 55.0 Å². The molecule has 0 bridgehead atoms. The molecule has 0 radical (unpaired) electrons. The number of hydrogen-bond acceptors (Lipinski definition) is 5. The van der Waals surface area contributed by atoms with Crippen LogP contribution in [0.15, 0.2) is 54.7 Å². The highest BCUT2D eigenvalue weighted by Gasteiger charge is 2.35. The van der Waals surface area contributed by atoms with E-state index in [1.807, 2.05) is 0 Å². The number of ether oxygens (including phenoxy) is 1. The highest BCUT2D eigenvalue weighted by atomic mass is 35.5. The second-order valence-corrected chi connectivity index (χ2v) is 7.23. The maximum absolute atomic E-state index is 13.4. The monoisotopic (exact) mass is 450 g/mol. The summed E-state index contributed by atoms with van der Waals surface area (Å²) in [5.41, 5.74) is 0.0799. The van der Waals surface area contributed by atoms with Gasteiger partial charge in [-0.3, -0.25) is 0 Å². The molecule has 3 rings (SSSR count). The van der Waals surface area contributed by atoms with Crippen LogP contribution in [0.3, 0.4) is 0 Å². The number of benzene rings is 2. The average molecular weight is 451 g/mol. The van der Waals surface area contributed by atoms with Gasteiger partial charge in [0.25, 0.3) is 0 Å². The lowest BCUT2D eigenvalue weighted by molar-refractivity contribution is -0.137. The molecule has 0 spiro atoms. The number of aromatic nitrogens is 2. The molecule has 2 aromatic carbocycles. The van der Waals surface area contributed by atoms with Crippen molar-refractivity contribution < 1.29 is 17.9 Å². The Balaban J connectivity index is 1.77. The third-order valence-corrected chi connectivity index (χ3v) is 4.58. The molecule has 0 atom stereocenters. The van der Waals surface area contributed by atoms with E-state index in [-0.39, 0.29) is 11.8 Å². The molecule has 5 nitrogen and oxygen atoms in total. The van der Waals surface area contributed by atoms with Crippen molar-refractivity contribution in [3.63, 3.8) is 0 Å². The standard InChI is InChI=1S/C22H22ClF3N4O/c1-2-3-4-13-31-18-11-9-16(10-12-18)28-20-19(22(24,25)26)14-27-21(30-20)29-17-7-5-15(23)6-8-17/h5-12,14H,2-4,13H2,1H3,(H2,27,28,29,30). The van der Waals surface area contributed by atoms with Crippen LogP contribution in [0.1, 0.15) is 31.7 Å². The minimum absolute atomic E-state index is 0.0219. The molecule has 1 aromatic heterocycles. The summed E-state index contributed by atoms with van der Waals surface area (Å²) in [6.45, 7) is 2.71. The molecule has 0 saturated heterocycles. The molecular formula is C22H22ClF3N4O. The summed E-state index contributed by atoms with van der Waals surface area (Å²) in [6.07, 6.45) is -0.723. The molecule has 0 unspecified atom stereocenters. The smallest absolute Gasteiger partial charge is 0.421 e. The molecule has 0 aliphatic carbocycles. The molecule has 164 valence electrons. The Morgan fingerprint density at radius 1 is 0.935 bits per heavy atom. The van der Waals surface area contributed by atoms with Gasteiger partial charge in [-0.25, -0.2) is 4.98 Å². The molecular weight excluding hydrogens is 429 g/mol. The molecule has 0 fully saturated rings. The van der Waals surface area contributed by atoms with Crippen LogP contribution in [0, 0.1) is 0 Å². The van der Waals surface area contributed by atoms with Crippen LogP contribution in [0.5, 0.6) is 5.75 Å². The number of nitrogens with one attached hydrogen (secondary N) is 2. The maximum Gasteiger partial charge on any atom is 0.421 e. The van der Waals surface area contributed by atoms with Gasteiger partial charge in [-0.15, -0.1) is 0 Å². The third-order valence-electron chi connectivity index (χ3n) is 4.33. The highest BCUT2D eigenvalue weighted by Crippen LogP contribution is 2.35. The Morgan fingerprint density at radius 2 is 1.58 bits per heavy atom. The number of nitrogens with zero attached hydrogens (tertiary/aromatic N) is 2. The topological polar surface area (TPSA) is 59.1 Å². The fourth-order valence-corrected chi connectivity index (χ4v) is 2.85. The Morgan fingerprint density at radius 3 is 2.23 bits per heavy atom. The van der Waals surface area contributed by atoms with Crippen LogP contribution < -0.4 is 15.4 Å². The molecule has 0 aliphatic heterocycles. The minimum Gasteiger partial charge on any atom is -0.494 e. The Bertz CT molecular complexity index is 980. The number of hydrogen-bond donors (Lipinski definition) is 2. The van der Waals surface area contributed by atoms with E-state index in [4.69, 9.17) is 16.3 Å². The molecule has 9 heteroatoms. The Hall–Kier alpha value is -3.00. The first-order chi connectivity index (χ1) is 14.8. The first-order valence-electron chi connectivity index (χ1n) is 9.82. The lowest BCUT2D eigenvalue weighted by Crippen LogP contribution is -2.12. The number of halogens is 4. The van der Waals surface area contributed by atoms with Crippen molar-refractivity contribution in [2.75, 3.05) is 17.2 Å². The van der Waals surface area contributed by atoms with Gasteiger partial charge < -0.3 is 15.4 Å². The van der Waals surface area contributed by atoms with Crippen molar-refractivity contribution in [3.8, 4) is 5.75 Å². The van der Waals surface area contributed by atoms with Crippen LogP contribution in [-0.2, 0) is 6.18 Å². The van der Waals surface area contributed by atoms with Gasteiger partial charge in [0, 0.05) is 22.6 Å². The quantitative estimate of drug-likeness (QED) is 0.337. The lowest BCUT2D eigenvalue weighted by atomic mass is 10.2. The van der Waals surface area contributed by atoms with Gasteiger partial charge in [-0.2, -0.15) is 18.2 Å². The second kappa shape index (κ2) is 10.3. The van der Waals surface area contributed by atoms with Gasteiger partial charge in [0.05, 0.1) is 6.61 Å². The predicted octanol–water partition coefficient (Wildman–Crippen LogP) is 7.21. The summed E-state index contributed by atoms with van der Waals surface area (Å²) in [7, 11) is 0. The van der Waals surface area contributed by atoms with E-state index in [1.165, 1.54) is 0 Å².